The Bertz CT molecular complexity index is 1960. The summed E-state index contributed by atoms with van der Waals surface area (Å²) in [5.41, 5.74) is 1.95. The molecule has 1 aliphatic rings. The molecule has 0 spiro atoms. The molecule has 0 saturated heterocycles. The maximum absolute atomic E-state index is 14.8. The zero-order valence-electron chi connectivity index (χ0n) is 26.8. The average molecular weight is 717 g/mol. The van der Waals surface area contributed by atoms with E-state index in [1.807, 2.05) is 12.1 Å². The van der Waals surface area contributed by atoms with Crippen molar-refractivity contribution in [3.8, 4) is 5.75 Å². The number of rotatable bonds is 12. The third-order valence-electron chi connectivity index (χ3n) is 8.75. The number of carboxylic acid groups (broad SMARTS) is 1. The molecule has 264 valence electrons. The molecular weight excluding hydrogens is 683 g/mol. The van der Waals surface area contributed by atoms with Gasteiger partial charge in [0.1, 0.15) is 24.0 Å². The van der Waals surface area contributed by atoms with Crippen molar-refractivity contribution in [3.05, 3.63) is 124 Å². The molecule has 14 heteroatoms. The summed E-state index contributed by atoms with van der Waals surface area (Å²) in [4.78, 5) is 23.6. The van der Waals surface area contributed by atoms with E-state index in [4.69, 9.17) is 4.74 Å². The van der Waals surface area contributed by atoms with Gasteiger partial charge in [-0.1, -0.05) is 73.9 Å². The van der Waals surface area contributed by atoms with Crippen LogP contribution >= 0.6 is 0 Å². The maximum Gasteiger partial charge on any atom is 0.339 e. The fraction of sp³-hybridized carbons (Fsp3) is 0.278. The second kappa shape index (κ2) is 15.4. The fourth-order valence-corrected chi connectivity index (χ4v) is 7.38. The Hall–Kier alpha value is -4.82. The monoisotopic (exact) mass is 716 g/mol. The summed E-state index contributed by atoms with van der Waals surface area (Å²) < 4.78 is 105. The van der Waals surface area contributed by atoms with Crippen LogP contribution in [0.2, 0.25) is 0 Å². The Morgan fingerprint density at radius 3 is 2.04 bits per heavy atom. The first-order valence-electron chi connectivity index (χ1n) is 15.7. The highest BCUT2D eigenvalue weighted by molar-refractivity contribution is 7.89. The van der Waals surface area contributed by atoms with Gasteiger partial charge in [0.25, 0.3) is 0 Å². The first-order valence-corrected chi connectivity index (χ1v) is 17.2. The van der Waals surface area contributed by atoms with Crippen LogP contribution < -0.4 is 10.1 Å². The summed E-state index contributed by atoms with van der Waals surface area (Å²) in [6.07, 6.45) is 4.96. The molecule has 0 bridgehead atoms. The minimum atomic E-state index is -5.54. The first kappa shape index (κ1) is 36.5. The van der Waals surface area contributed by atoms with Crippen molar-refractivity contribution in [1.29, 1.82) is 0 Å². The normalized spacial score (nSPS) is 14.4. The van der Waals surface area contributed by atoms with E-state index in [9.17, 15) is 45.1 Å². The van der Waals surface area contributed by atoms with Crippen LogP contribution in [-0.2, 0) is 27.8 Å². The predicted molar refractivity (Wildman–Crippen MR) is 174 cm³/mol. The van der Waals surface area contributed by atoms with Crippen molar-refractivity contribution in [2.45, 2.75) is 62.0 Å². The lowest BCUT2D eigenvalue weighted by Crippen LogP contribution is -2.47. The van der Waals surface area contributed by atoms with Crippen molar-refractivity contribution < 1.29 is 49.8 Å². The van der Waals surface area contributed by atoms with Crippen molar-refractivity contribution in [1.82, 2.24) is 4.31 Å². The average Bonchev–Trinajstić information content (AvgIpc) is 3.12. The number of nitrogens with zero attached hydrogens (tertiary/aromatic N) is 1. The van der Waals surface area contributed by atoms with Crippen molar-refractivity contribution in [2.24, 2.45) is 0 Å². The van der Waals surface area contributed by atoms with E-state index in [1.165, 1.54) is 12.1 Å². The molecule has 0 aliphatic heterocycles. The highest BCUT2D eigenvalue weighted by atomic mass is 32.2. The van der Waals surface area contributed by atoms with Crippen molar-refractivity contribution in [3.63, 3.8) is 0 Å². The quantitative estimate of drug-likeness (QED) is 0.0889. The number of benzene rings is 4. The molecule has 1 unspecified atom stereocenters. The van der Waals surface area contributed by atoms with Crippen LogP contribution in [0.4, 0.5) is 27.6 Å². The molecular formula is C36H33F5N2O6S. The number of amides is 1. The SMILES string of the molecule is CN(C(Cc1ccc(C2CCCCC2)cc1)C(=O)Nc1ccc(C(=O)O)c(OCc2ccccc2)c1)S(=O)(=O)c1c(F)c(F)c(F)c(F)c1F. The number of carbonyl (C=O) groups excluding carboxylic acids is 1. The summed E-state index contributed by atoms with van der Waals surface area (Å²) in [5.74, 6) is -14.8. The highest BCUT2D eigenvalue weighted by Gasteiger charge is 2.40. The van der Waals surface area contributed by atoms with Gasteiger partial charge >= 0.3 is 5.97 Å². The van der Waals surface area contributed by atoms with Gasteiger partial charge in [-0.3, -0.25) is 4.79 Å². The summed E-state index contributed by atoms with van der Waals surface area (Å²) in [5, 5.41) is 12.2. The Morgan fingerprint density at radius 2 is 1.44 bits per heavy atom. The highest BCUT2D eigenvalue weighted by Crippen LogP contribution is 2.34. The van der Waals surface area contributed by atoms with Gasteiger partial charge in [0.15, 0.2) is 28.2 Å². The van der Waals surface area contributed by atoms with Gasteiger partial charge in [-0.25, -0.2) is 35.2 Å². The Labute approximate surface area is 285 Å². The molecule has 2 N–H and O–H groups in total. The number of sulfonamides is 1. The van der Waals surface area contributed by atoms with Crippen LogP contribution in [0.25, 0.3) is 0 Å². The van der Waals surface area contributed by atoms with Gasteiger partial charge in [0, 0.05) is 18.8 Å². The molecule has 5 rings (SSSR count). The number of anilines is 1. The molecule has 1 amide bonds. The van der Waals surface area contributed by atoms with E-state index in [2.05, 4.69) is 5.32 Å². The minimum Gasteiger partial charge on any atom is -0.488 e. The minimum absolute atomic E-state index is 0.0252. The van der Waals surface area contributed by atoms with E-state index >= 15 is 0 Å². The Balaban J connectivity index is 1.48. The van der Waals surface area contributed by atoms with E-state index in [0.717, 1.165) is 50.8 Å². The number of hydrogen-bond donors (Lipinski definition) is 2. The summed E-state index contributed by atoms with van der Waals surface area (Å²) in [6, 6.07) is 17.7. The predicted octanol–water partition coefficient (Wildman–Crippen LogP) is 7.58. The molecule has 4 aromatic carbocycles. The number of nitrogens with one attached hydrogen (secondary N) is 1. The number of aromatic carboxylic acids is 1. The molecule has 0 aromatic heterocycles. The lowest BCUT2D eigenvalue weighted by molar-refractivity contribution is -0.119. The molecule has 1 saturated carbocycles. The molecule has 1 aliphatic carbocycles. The standard InChI is InChI=1S/C36H33F5N2O6S/c1-43(50(47,48)34-32(40)30(38)29(37)31(39)33(34)41)27(18-21-12-14-24(15-13-21)23-10-6-3-7-11-23)35(44)42-25-16-17-26(36(45)46)28(19-25)49-20-22-8-4-2-5-9-22/h2,4-5,8-9,12-17,19,23,27H,3,6-7,10-11,18,20H2,1H3,(H,42,44)(H,45,46). The Kier molecular flexibility index (Phi) is 11.2. The lowest BCUT2D eigenvalue weighted by atomic mass is 9.84. The number of halogens is 5. The smallest absolute Gasteiger partial charge is 0.339 e. The van der Waals surface area contributed by atoms with Crippen molar-refractivity contribution >= 4 is 27.6 Å². The van der Waals surface area contributed by atoms with Gasteiger partial charge in [0.05, 0.1) is 0 Å². The van der Waals surface area contributed by atoms with Crippen molar-refractivity contribution in [2.75, 3.05) is 12.4 Å². The molecule has 4 aromatic rings. The number of hydrogen-bond acceptors (Lipinski definition) is 5. The summed E-state index contributed by atoms with van der Waals surface area (Å²) in [6.45, 7) is -0.0269. The van der Waals surface area contributed by atoms with Gasteiger partial charge in [-0.15, -0.1) is 0 Å². The van der Waals surface area contributed by atoms with Gasteiger partial charge in [-0.05, 0) is 54.0 Å². The number of likely N-dealkylation sites (N-methyl/N-ethyl adjacent to an activating group) is 1. The third-order valence-corrected chi connectivity index (χ3v) is 10.6. The zero-order chi connectivity index (χ0) is 36.2. The van der Waals surface area contributed by atoms with E-state index in [-0.39, 0.29) is 34.3 Å². The van der Waals surface area contributed by atoms with Crippen LogP contribution in [-0.4, -0.2) is 42.8 Å². The fourth-order valence-electron chi connectivity index (χ4n) is 5.95. The molecule has 1 atom stereocenters. The van der Waals surface area contributed by atoms with Gasteiger partial charge in [0.2, 0.25) is 21.7 Å². The first-order chi connectivity index (χ1) is 23.8. The molecule has 0 radical (unpaired) electrons. The third kappa shape index (κ3) is 7.81. The summed E-state index contributed by atoms with van der Waals surface area (Å²) in [7, 11) is -4.75. The molecule has 8 nitrogen and oxygen atoms in total. The summed E-state index contributed by atoms with van der Waals surface area (Å²) >= 11 is 0. The van der Waals surface area contributed by atoms with Gasteiger partial charge in [-0.2, -0.15) is 4.31 Å². The number of carbonyl (C=O) groups is 2. The zero-order valence-corrected chi connectivity index (χ0v) is 27.6. The molecule has 50 heavy (non-hydrogen) atoms. The largest absolute Gasteiger partial charge is 0.488 e. The van der Waals surface area contributed by atoms with Crippen LogP contribution in [0.1, 0.15) is 65.1 Å². The van der Waals surface area contributed by atoms with E-state index in [0.29, 0.717) is 17.0 Å². The second-order valence-corrected chi connectivity index (χ2v) is 13.9. The number of carboxylic acids is 1. The van der Waals surface area contributed by atoms with Crippen LogP contribution in [0, 0.1) is 29.1 Å². The van der Waals surface area contributed by atoms with Crippen LogP contribution in [0.5, 0.6) is 5.75 Å². The van der Waals surface area contributed by atoms with E-state index < -0.39 is 61.9 Å². The topological polar surface area (TPSA) is 113 Å². The number of ether oxygens (including phenoxy) is 1. The molecule has 0 heterocycles. The van der Waals surface area contributed by atoms with Crippen LogP contribution in [0.15, 0.2) is 77.7 Å². The second-order valence-electron chi connectivity index (χ2n) is 12.0. The molecule has 1 fully saturated rings. The van der Waals surface area contributed by atoms with Gasteiger partial charge < -0.3 is 15.2 Å². The maximum atomic E-state index is 14.8. The van der Waals surface area contributed by atoms with E-state index in [1.54, 1.807) is 42.5 Å². The van der Waals surface area contributed by atoms with Crippen LogP contribution in [0.3, 0.4) is 0 Å². The lowest BCUT2D eigenvalue weighted by Gasteiger charge is -2.28. The Morgan fingerprint density at radius 1 is 0.840 bits per heavy atom.